The molecule has 0 saturated heterocycles. The van der Waals surface area contributed by atoms with Crippen LogP contribution < -0.4 is 0 Å². The van der Waals surface area contributed by atoms with Crippen LogP contribution in [0.4, 0.5) is 0 Å². The van der Waals surface area contributed by atoms with E-state index in [-0.39, 0.29) is 22.3 Å². The van der Waals surface area contributed by atoms with Crippen molar-refractivity contribution in [1.82, 2.24) is 0 Å². The third-order valence-corrected chi connectivity index (χ3v) is 10.3. The summed E-state index contributed by atoms with van der Waals surface area (Å²) in [4.78, 5) is 71.0. The zero-order valence-electron chi connectivity index (χ0n) is 31.1. The smallest absolute Gasteiger partial charge is 0.336 e. The molecule has 5 aliphatic rings. The molecule has 4 aromatic rings. The summed E-state index contributed by atoms with van der Waals surface area (Å²) in [7, 11) is 0. The molecule has 60 heavy (non-hydrogen) atoms. The Morgan fingerprint density at radius 1 is 0.300 bits per heavy atom. The molecule has 0 fully saturated rings. The SMILES string of the molecule is O=C(O)c1ccccc1C1=C2C=CC(=N2)C(c2ccccc2C(=O)O)=C2C=CC(=N2)C(c2ccccc2C(=O)O)=C2C=CC(=N2)C(c2ccccc2C(=O)O)=C2C=CC1=N2. The monoisotopic (exact) mass is 788 g/mol. The van der Waals surface area contributed by atoms with Crippen LogP contribution in [0.2, 0.25) is 0 Å². The summed E-state index contributed by atoms with van der Waals surface area (Å²) in [6, 6.07) is 25.7. The van der Waals surface area contributed by atoms with Gasteiger partial charge in [0, 0.05) is 44.5 Å². The Balaban J connectivity index is 1.43. The van der Waals surface area contributed by atoms with E-state index in [0.717, 1.165) is 0 Å². The predicted molar refractivity (Wildman–Crippen MR) is 228 cm³/mol. The number of aliphatic imine (C=N–C) groups is 4. The van der Waals surface area contributed by atoms with Crippen molar-refractivity contribution in [3.63, 3.8) is 0 Å². The average Bonchev–Trinajstić information content (AvgIpc) is 4.09. The van der Waals surface area contributed by atoms with Gasteiger partial charge in [0.1, 0.15) is 0 Å². The lowest BCUT2D eigenvalue weighted by atomic mass is 9.94. The van der Waals surface area contributed by atoms with Crippen LogP contribution >= 0.6 is 0 Å². The minimum atomic E-state index is -1.19. The molecular formula is C48H28N4O8. The summed E-state index contributed by atoms with van der Waals surface area (Å²) in [6.07, 6.45) is 13.5. The van der Waals surface area contributed by atoms with Crippen LogP contribution in [-0.4, -0.2) is 67.2 Å². The van der Waals surface area contributed by atoms with Crippen LogP contribution in [0.5, 0.6) is 0 Å². The van der Waals surface area contributed by atoms with Crippen LogP contribution in [0.3, 0.4) is 0 Å². The van der Waals surface area contributed by atoms with E-state index in [1.165, 1.54) is 24.3 Å². The Hall–Kier alpha value is -8.64. The number of hydrogen-bond acceptors (Lipinski definition) is 8. The van der Waals surface area contributed by atoms with Crippen LogP contribution in [0.1, 0.15) is 63.7 Å². The first-order chi connectivity index (χ1) is 29.1. The number of allylic oxidation sites excluding steroid dienone is 12. The van der Waals surface area contributed by atoms with Gasteiger partial charge in [-0.05, 0) is 72.9 Å². The van der Waals surface area contributed by atoms with Gasteiger partial charge >= 0.3 is 23.9 Å². The van der Waals surface area contributed by atoms with Gasteiger partial charge in [0.15, 0.2) is 0 Å². The molecule has 288 valence electrons. The number of carbonyl (C=O) groups is 4. The zero-order valence-corrected chi connectivity index (χ0v) is 31.1. The lowest BCUT2D eigenvalue weighted by Gasteiger charge is -2.15. The molecule has 12 heteroatoms. The third-order valence-electron chi connectivity index (χ3n) is 10.3. The van der Waals surface area contributed by atoms with Crippen molar-refractivity contribution in [2.75, 3.05) is 0 Å². The van der Waals surface area contributed by atoms with Gasteiger partial charge in [0.25, 0.3) is 0 Å². The Morgan fingerprint density at radius 3 is 0.700 bits per heavy atom. The topological polar surface area (TPSA) is 199 Å². The van der Waals surface area contributed by atoms with Gasteiger partial charge in [-0.2, -0.15) is 0 Å². The Kier molecular flexibility index (Phi) is 9.06. The van der Waals surface area contributed by atoms with Gasteiger partial charge in [0.05, 0.1) is 67.9 Å². The van der Waals surface area contributed by atoms with E-state index in [9.17, 15) is 39.6 Å². The number of nitrogens with zero attached hydrogens (tertiary/aromatic N) is 4. The van der Waals surface area contributed by atoms with E-state index in [4.69, 9.17) is 20.0 Å². The largest absolute Gasteiger partial charge is 0.478 e. The molecule has 0 amide bonds. The number of aromatic carboxylic acids is 4. The van der Waals surface area contributed by atoms with Crippen molar-refractivity contribution in [2.24, 2.45) is 20.0 Å². The highest BCUT2D eigenvalue weighted by atomic mass is 16.4. The lowest BCUT2D eigenvalue weighted by molar-refractivity contribution is 0.0685. The Labute approximate surface area is 340 Å². The van der Waals surface area contributed by atoms with E-state index in [1.807, 2.05) is 0 Å². The molecule has 4 aromatic carbocycles. The molecule has 5 heterocycles. The fourth-order valence-electron chi connectivity index (χ4n) is 7.74. The van der Waals surface area contributed by atoms with Crippen molar-refractivity contribution in [2.45, 2.75) is 0 Å². The molecular weight excluding hydrogens is 761 g/mol. The van der Waals surface area contributed by atoms with E-state index in [1.54, 1.807) is 121 Å². The number of fused-ring (bicyclic) bond motifs is 4. The summed E-state index contributed by atoms with van der Waals surface area (Å²) in [5.74, 6) is -4.75. The summed E-state index contributed by atoms with van der Waals surface area (Å²) < 4.78 is 0. The first kappa shape index (κ1) is 37.0. The van der Waals surface area contributed by atoms with Gasteiger partial charge in [-0.1, -0.05) is 72.8 Å². The van der Waals surface area contributed by atoms with Crippen LogP contribution in [0.15, 0.2) is 188 Å². The van der Waals surface area contributed by atoms with Crippen molar-refractivity contribution < 1.29 is 39.6 Å². The number of rotatable bonds is 8. The minimum Gasteiger partial charge on any atom is -0.478 e. The fourth-order valence-corrected chi connectivity index (χ4v) is 7.74. The average molecular weight is 789 g/mol. The molecule has 12 nitrogen and oxygen atoms in total. The van der Waals surface area contributed by atoms with E-state index >= 15 is 0 Å². The molecule has 0 radical (unpaired) electrons. The molecule has 0 spiro atoms. The number of hydrogen-bond donors (Lipinski definition) is 4. The molecule has 0 saturated carbocycles. The highest BCUT2D eigenvalue weighted by Crippen LogP contribution is 2.40. The molecule has 4 N–H and O–H groups in total. The Bertz CT molecular complexity index is 2670. The Morgan fingerprint density at radius 2 is 0.500 bits per heavy atom. The van der Waals surface area contributed by atoms with Crippen molar-refractivity contribution >= 4 is 69.0 Å². The minimum absolute atomic E-state index is 0.0220. The van der Waals surface area contributed by atoms with Crippen molar-refractivity contribution in [3.05, 3.63) is 213 Å². The number of benzene rings is 4. The first-order valence-electron chi connectivity index (χ1n) is 18.5. The predicted octanol–water partition coefficient (Wildman–Crippen LogP) is 8.48. The second-order valence-corrected chi connectivity index (χ2v) is 13.8. The summed E-state index contributed by atoms with van der Waals surface area (Å²) in [6.45, 7) is 0. The van der Waals surface area contributed by atoms with Crippen LogP contribution in [-0.2, 0) is 0 Å². The van der Waals surface area contributed by atoms with Gasteiger partial charge in [-0.15, -0.1) is 0 Å². The first-order valence-corrected chi connectivity index (χ1v) is 18.5. The highest BCUT2D eigenvalue weighted by molar-refractivity contribution is 6.40. The molecule has 0 aromatic heterocycles. The second-order valence-electron chi connectivity index (χ2n) is 13.8. The second kappa shape index (κ2) is 14.7. The molecule has 8 bridgehead atoms. The van der Waals surface area contributed by atoms with Gasteiger partial charge < -0.3 is 20.4 Å². The molecule has 5 aliphatic heterocycles. The van der Waals surface area contributed by atoms with Gasteiger partial charge in [-0.3, -0.25) is 0 Å². The molecule has 0 aliphatic carbocycles. The van der Waals surface area contributed by atoms with E-state index in [2.05, 4.69) is 0 Å². The maximum Gasteiger partial charge on any atom is 0.336 e. The summed E-state index contributed by atoms with van der Waals surface area (Å²) >= 11 is 0. The molecule has 9 rings (SSSR count). The lowest BCUT2D eigenvalue weighted by Crippen LogP contribution is -2.09. The summed E-state index contributed by atoms with van der Waals surface area (Å²) in [5.41, 5.74) is 5.06. The maximum absolute atomic E-state index is 12.7. The summed E-state index contributed by atoms with van der Waals surface area (Å²) in [5, 5.41) is 41.5. The number of carboxylic acid groups (broad SMARTS) is 4. The number of carboxylic acids is 4. The standard InChI is InChI=1S/C48H28N4O8/c53-45(54)29-13-5-1-9-25(29)41-33-17-19-35(49-33)42(26-10-2-6-14-30(26)46(55)56)37-21-23-39(51-37)44(28-12-4-8-16-32(28)48(59)60)40-24-22-38(52-40)43(36-20-18-34(41)50-36)27-11-3-7-15-31(27)47(57)58/h1-24H,(H,53,54)(H,55,56)(H,57,58)(H,59,60). The van der Waals surface area contributed by atoms with E-state index < -0.39 is 23.9 Å². The van der Waals surface area contributed by atoms with Gasteiger partial charge in [-0.25, -0.2) is 39.1 Å². The maximum atomic E-state index is 12.7. The molecule has 0 unspecified atom stereocenters. The third kappa shape index (κ3) is 6.30. The highest BCUT2D eigenvalue weighted by Gasteiger charge is 2.31. The van der Waals surface area contributed by atoms with Crippen LogP contribution in [0, 0.1) is 0 Å². The zero-order chi connectivity index (χ0) is 41.7. The molecule has 0 atom stereocenters. The van der Waals surface area contributed by atoms with Gasteiger partial charge in [0.2, 0.25) is 0 Å². The van der Waals surface area contributed by atoms with Crippen molar-refractivity contribution in [1.29, 1.82) is 0 Å². The quantitative estimate of drug-likeness (QED) is 0.136. The van der Waals surface area contributed by atoms with Crippen LogP contribution in [0.25, 0.3) is 22.3 Å². The van der Waals surface area contributed by atoms with E-state index in [0.29, 0.717) is 90.2 Å². The van der Waals surface area contributed by atoms with Crippen molar-refractivity contribution in [3.8, 4) is 0 Å². The fraction of sp³-hybridized carbons (Fsp3) is 0. The normalized spacial score (nSPS) is 16.4.